The maximum atomic E-state index is 13.4. The molecular weight excluding hydrogens is 403 g/mol. The number of alkyl halides is 3. The van der Waals surface area contributed by atoms with Crippen molar-refractivity contribution in [1.29, 1.82) is 0 Å². The summed E-state index contributed by atoms with van der Waals surface area (Å²) in [4.78, 5) is 12.9. The fourth-order valence-electron chi connectivity index (χ4n) is 4.28. The number of hydrogen-bond acceptors (Lipinski definition) is 2. The van der Waals surface area contributed by atoms with Crippen LogP contribution in [-0.4, -0.2) is 15.7 Å². The van der Waals surface area contributed by atoms with Crippen LogP contribution >= 0.6 is 0 Å². The number of fused-ring (bicyclic) bond motifs is 1. The topological polar surface area (TPSA) is 46.9 Å². The molecule has 1 aliphatic carbocycles. The molecule has 4 nitrogen and oxygen atoms in total. The zero-order chi connectivity index (χ0) is 22.2. The zero-order valence-electron chi connectivity index (χ0n) is 17.4. The molecule has 1 atom stereocenters. The Bertz CT molecular complexity index is 1090. The largest absolute Gasteiger partial charge is 0.417 e. The number of nitrogens with one attached hydrogen (secondary N) is 1. The molecule has 4 rings (SSSR count). The summed E-state index contributed by atoms with van der Waals surface area (Å²) in [5.74, 6) is -0.725. The lowest BCUT2D eigenvalue weighted by Crippen LogP contribution is -2.37. The zero-order valence-corrected chi connectivity index (χ0v) is 17.4. The Morgan fingerprint density at radius 1 is 1.13 bits per heavy atom. The first-order valence-electron chi connectivity index (χ1n) is 10.2. The lowest BCUT2D eigenvalue weighted by Gasteiger charge is -2.36. The highest BCUT2D eigenvalue weighted by Gasteiger charge is 2.38. The number of aromatic nitrogens is 2. The highest BCUT2D eigenvalue weighted by atomic mass is 19.4. The van der Waals surface area contributed by atoms with E-state index >= 15 is 0 Å². The molecule has 162 valence electrons. The van der Waals surface area contributed by atoms with E-state index in [2.05, 4.69) is 24.3 Å². The Morgan fingerprint density at radius 2 is 1.81 bits per heavy atom. The number of amides is 1. The van der Waals surface area contributed by atoms with Gasteiger partial charge in [0.25, 0.3) is 5.91 Å². The van der Waals surface area contributed by atoms with E-state index in [9.17, 15) is 18.0 Å². The summed E-state index contributed by atoms with van der Waals surface area (Å²) in [6.07, 6.45) is -1.46. The monoisotopic (exact) mass is 427 g/mol. The van der Waals surface area contributed by atoms with Gasteiger partial charge in [0.1, 0.15) is 0 Å². The minimum absolute atomic E-state index is 0.136. The van der Waals surface area contributed by atoms with Gasteiger partial charge in [-0.1, -0.05) is 56.3 Å². The van der Waals surface area contributed by atoms with Gasteiger partial charge < -0.3 is 5.32 Å². The van der Waals surface area contributed by atoms with E-state index in [1.165, 1.54) is 18.2 Å². The van der Waals surface area contributed by atoms with Crippen molar-refractivity contribution in [2.24, 2.45) is 5.41 Å². The van der Waals surface area contributed by atoms with Gasteiger partial charge >= 0.3 is 6.18 Å². The molecule has 0 fully saturated rings. The summed E-state index contributed by atoms with van der Waals surface area (Å²) in [5.41, 5.74) is 1.56. The maximum Gasteiger partial charge on any atom is 0.417 e. The van der Waals surface area contributed by atoms with Gasteiger partial charge in [-0.25, -0.2) is 0 Å². The Kier molecular flexibility index (Phi) is 5.37. The number of hydrogen-bond donors (Lipinski definition) is 1. The number of nitrogens with zero attached hydrogens (tertiary/aromatic N) is 2. The van der Waals surface area contributed by atoms with Crippen molar-refractivity contribution < 1.29 is 18.0 Å². The third-order valence-electron chi connectivity index (χ3n) is 5.72. The van der Waals surface area contributed by atoms with Crippen molar-refractivity contribution in [2.45, 2.75) is 45.5 Å². The van der Waals surface area contributed by atoms with Gasteiger partial charge in [-0.3, -0.25) is 9.48 Å². The summed E-state index contributed by atoms with van der Waals surface area (Å²) >= 11 is 0. The van der Waals surface area contributed by atoms with E-state index < -0.39 is 23.7 Å². The summed E-state index contributed by atoms with van der Waals surface area (Å²) in [5, 5.41) is 7.38. The van der Waals surface area contributed by atoms with E-state index in [1.54, 1.807) is 6.20 Å². The Labute approximate surface area is 179 Å². The summed E-state index contributed by atoms with van der Waals surface area (Å²) in [6, 6.07) is 14.4. The standard InChI is InChI=1S/C24H24F3N3O/c1-23(2)12-20(29-22(31)17-10-6-7-11-19(17)24(25,26)27)18-14-28-30(21(18)13-23)15-16-8-4-3-5-9-16/h3-11,14,20H,12-13,15H2,1-2H3,(H,29,31). The fraction of sp³-hybridized carbons (Fsp3) is 0.333. The van der Waals surface area contributed by atoms with Crippen molar-refractivity contribution in [3.8, 4) is 0 Å². The van der Waals surface area contributed by atoms with Gasteiger partial charge in [-0.05, 0) is 36.0 Å². The molecule has 0 bridgehead atoms. The average Bonchev–Trinajstić information content (AvgIpc) is 3.09. The Hall–Kier alpha value is -3.09. The van der Waals surface area contributed by atoms with Crippen molar-refractivity contribution in [2.75, 3.05) is 0 Å². The molecule has 1 amide bonds. The first-order valence-corrected chi connectivity index (χ1v) is 10.2. The van der Waals surface area contributed by atoms with E-state index in [1.807, 2.05) is 35.0 Å². The SMILES string of the molecule is CC1(C)Cc2c(cnn2Cc2ccccc2)C(NC(=O)c2ccccc2C(F)(F)F)C1. The van der Waals surface area contributed by atoms with E-state index in [0.29, 0.717) is 13.0 Å². The molecule has 1 aliphatic rings. The minimum atomic E-state index is -4.59. The number of rotatable bonds is 4. The molecule has 0 radical (unpaired) electrons. The molecule has 1 aromatic heterocycles. The van der Waals surface area contributed by atoms with Gasteiger partial charge in [-0.15, -0.1) is 0 Å². The second kappa shape index (κ2) is 7.87. The summed E-state index contributed by atoms with van der Waals surface area (Å²) < 4.78 is 42.0. The normalized spacial score (nSPS) is 17.8. The van der Waals surface area contributed by atoms with Gasteiger partial charge in [-0.2, -0.15) is 18.3 Å². The molecule has 0 aliphatic heterocycles. The van der Waals surface area contributed by atoms with Crippen LogP contribution in [0.2, 0.25) is 0 Å². The molecule has 31 heavy (non-hydrogen) atoms. The van der Waals surface area contributed by atoms with Crippen molar-refractivity contribution in [1.82, 2.24) is 15.1 Å². The van der Waals surface area contributed by atoms with Gasteiger partial charge in [0.15, 0.2) is 0 Å². The molecule has 1 heterocycles. The lowest BCUT2D eigenvalue weighted by molar-refractivity contribution is -0.137. The van der Waals surface area contributed by atoms with Crippen LogP contribution in [0.25, 0.3) is 0 Å². The van der Waals surface area contributed by atoms with Crippen LogP contribution in [0.1, 0.15) is 59.1 Å². The molecule has 2 aromatic carbocycles. The van der Waals surface area contributed by atoms with Crippen molar-refractivity contribution in [3.05, 3.63) is 88.7 Å². The van der Waals surface area contributed by atoms with E-state index in [-0.39, 0.29) is 11.0 Å². The molecular formula is C24H24F3N3O. The molecule has 3 aromatic rings. The first kappa shape index (κ1) is 21.2. The lowest BCUT2D eigenvalue weighted by atomic mass is 9.74. The van der Waals surface area contributed by atoms with E-state index in [4.69, 9.17) is 0 Å². The fourth-order valence-corrected chi connectivity index (χ4v) is 4.28. The van der Waals surface area contributed by atoms with Crippen LogP contribution in [0.3, 0.4) is 0 Å². The maximum absolute atomic E-state index is 13.4. The highest BCUT2D eigenvalue weighted by molar-refractivity contribution is 5.96. The predicted octanol–water partition coefficient (Wildman–Crippen LogP) is 5.39. The number of halogens is 3. The third kappa shape index (κ3) is 4.50. The smallest absolute Gasteiger partial charge is 0.345 e. The van der Waals surface area contributed by atoms with Crippen LogP contribution in [-0.2, 0) is 19.1 Å². The summed E-state index contributed by atoms with van der Waals surface area (Å²) in [7, 11) is 0. The van der Waals surface area contributed by atoms with Crippen molar-refractivity contribution in [3.63, 3.8) is 0 Å². The van der Waals surface area contributed by atoms with Crippen LogP contribution in [0.4, 0.5) is 13.2 Å². The second-order valence-corrected chi connectivity index (χ2v) is 8.80. The summed E-state index contributed by atoms with van der Waals surface area (Å²) in [6.45, 7) is 4.79. The van der Waals surface area contributed by atoms with E-state index in [0.717, 1.165) is 29.3 Å². The van der Waals surface area contributed by atoms with Crippen LogP contribution in [0.5, 0.6) is 0 Å². The molecule has 0 saturated heterocycles. The van der Waals surface area contributed by atoms with Crippen LogP contribution < -0.4 is 5.32 Å². The van der Waals surface area contributed by atoms with Crippen LogP contribution in [0.15, 0.2) is 60.8 Å². The minimum Gasteiger partial charge on any atom is -0.345 e. The van der Waals surface area contributed by atoms with Gasteiger partial charge in [0.2, 0.25) is 0 Å². The molecule has 1 N–H and O–H groups in total. The second-order valence-electron chi connectivity index (χ2n) is 8.80. The molecule has 0 saturated carbocycles. The van der Waals surface area contributed by atoms with Crippen molar-refractivity contribution >= 4 is 5.91 Å². The first-order chi connectivity index (χ1) is 14.6. The predicted molar refractivity (Wildman–Crippen MR) is 112 cm³/mol. The molecule has 0 spiro atoms. The number of carbonyl (C=O) groups excluding carboxylic acids is 1. The number of benzene rings is 2. The van der Waals surface area contributed by atoms with Gasteiger partial charge in [0.05, 0.1) is 29.9 Å². The van der Waals surface area contributed by atoms with Gasteiger partial charge in [0, 0.05) is 11.3 Å². The Balaban J connectivity index is 1.63. The third-order valence-corrected chi connectivity index (χ3v) is 5.72. The highest BCUT2D eigenvalue weighted by Crippen LogP contribution is 2.41. The molecule has 7 heteroatoms. The molecule has 1 unspecified atom stereocenters. The quantitative estimate of drug-likeness (QED) is 0.607. The van der Waals surface area contributed by atoms with Crippen LogP contribution in [0, 0.1) is 5.41 Å². The number of carbonyl (C=O) groups is 1. The Morgan fingerprint density at radius 3 is 2.52 bits per heavy atom. The average molecular weight is 427 g/mol.